The molecule has 0 aliphatic rings. The molecule has 1 radical (unpaired) electrons. The van der Waals surface area contributed by atoms with Gasteiger partial charge in [-0.25, -0.2) is 0 Å². The number of carbonyl (C=O) groups excluding carboxylic acids is 1. The van der Waals surface area contributed by atoms with E-state index in [0.717, 1.165) is 4.90 Å². The minimum absolute atomic E-state index is 0.00746. The predicted molar refractivity (Wildman–Crippen MR) is 96.5 cm³/mol. The van der Waals surface area contributed by atoms with Crippen molar-refractivity contribution in [2.45, 2.75) is 6.82 Å². The molecule has 0 aliphatic heterocycles. The van der Waals surface area contributed by atoms with Crippen molar-refractivity contribution in [1.29, 1.82) is 0 Å². The van der Waals surface area contributed by atoms with Crippen molar-refractivity contribution < 1.29 is 44.4 Å². The molecule has 28 heavy (non-hydrogen) atoms. The number of nitrogens with zero attached hydrogens (tertiary/aromatic N) is 3. The van der Waals surface area contributed by atoms with Crippen molar-refractivity contribution in [3.63, 3.8) is 0 Å². The summed E-state index contributed by atoms with van der Waals surface area (Å²) in [6.07, 6.45) is 0. The molecular formula is C15H25BN3O9. The lowest BCUT2D eigenvalue weighted by Crippen LogP contribution is -2.45. The zero-order valence-corrected chi connectivity index (χ0v) is 15.6. The molecule has 157 valence electrons. The molecule has 0 bridgehead atoms. The number of hydrogen-bond acceptors (Lipinski definition) is 8. The van der Waals surface area contributed by atoms with Gasteiger partial charge in [0.15, 0.2) is 0 Å². The molecule has 0 saturated carbocycles. The molecule has 0 heterocycles. The Balaban J connectivity index is 4.90. The van der Waals surface area contributed by atoms with Crippen LogP contribution in [0.1, 0.15) is 0 Å². The topological polar surface area (TPSA) is 176 Å². The van der Waals surface area contributed by atoms with Gasteiger partial charge in [0.2, 0.25) is 7.28 Å². The molecule has 0 aromatic heterocycles. The molecule has 0 atom stereocenters. The summed E-state index contributed by atoms with van der Waals surface area (Å²) >= 11 is 0. The Morgan fingerprint density at radius 1 is 0.571 bits per heavy atom. The molecule has 13 heteroatoms. The lowest BCUT2D eigenvalue weighted by atomic mass is 9.76. The summed E-state index contributed by atoms with van der Waals surface area (Å²) < 4.78 is 0. The van der Waals surface area contributed by atoms with Crippen molar-refractivity contribution in [2.75, 3.05) is 58.9 Å². The second-order valence-electron chi connectivity index (χ2n) is 6.03. The third-order valence-electron chi connectivity index (χ3n) is 3.60. The SMILES string of the molecule is C[B]C(=O)CN(CCN(CCN(CC(=O)O)CC(=O)O)CC(=O)O)CC(=O)O. The summed E-state index contributed by atoms with van der Waals surface area (Å²) in [5, 5.41) is 35.6. The first-order valence-electron chi connectivity index (χ1n) is 8.39. The van der Waals surface area contributed by atoms with Crippen LogP contribution < -0.4 is 0 Å². The number of carboxylic acid groups (broad SMARTS) is 4. The van der Waals surface area contributed by atoms with Crippen LogP contribution in [0.2, 0.25) is 6.82 Å². The number of hydrogen-bond donors (Lipinski definition) is 4. The Morgan fingerprint density at radius 2 is 0.857 bits per heavy atom. The Bertz CT molecular complexity index is 557. The maximum absolute atomic E-state index is 11.5. The van der Waals surface area contributed by atoms with Crippen LogP contribution in [-0.2, 0) is 24.0 Å². The van der Waals surface area contributed by atoms with E-state index < -0.39 is 50.1 Å². The molecule has 0 rings (SSSR count). The third kappa shape index (κ3) is 13.7. The minimum Gasteiger partial charge on any atom is -0.480 e. The molecule has 0 aliphatic carbocycles. The van der Waals surface area contributed by atoms with Crippen LogP contribution in [0.15, 0.2) is 0 Å². The van der Waals surface area contributed by atoms with E-state index in [-0.39, 0.29) is 38.4 Å². The molecule has 0 fully saturated rings. The van der Waals surface area contributed by atoms with Gasteiger partial charge in [0, 0.05) is 32.7 Å². The van der Waals surface area contributed by atoms with E-state index in [1.165, 1.54) is 23.9 Å². The van der Waals surface area contributed by atoms with Gasteiger partial charge >= 0.3 is 23.9 Å². The fraction of sp³-hybridized carbons (Fsp3) is 0.667. The second kappa shape index (κ2) is 13.6. The van der Waals surface area contributed by atoms with E-state index in [0.29, 0.717) is 0 Å². The molecule has 0 aromatic rings. The number of aliphatic carboxylic acids is 4. The van der Waals surface area contributed by atoms with Crippen LogP contribution in [0, 0.1) is 0 Å². The monoisotopic (exact) mass is 402 g/mol. The van der Waals surface area contributed by atoms with Gasteiger partial charge in [-0.15, -0.1) is 0 Å². The van der Waals surface area contributed by atoms with Crippen LogP contribution in [0.5, 0.6) is 0 Å². The van der Waals surface area contributed by atoms with Crippen LogP contribution in [0.3, 0.4) is 0 Å². The van der Waals surface area contributed by atoms with Crippen molar-refractivity contribution in [1.82, 2.24) is 14.7 Å². The standard InChI is InChI=1S/C15H25BN3O9/c1-16-11(20)6-18(8-13(23)24)4-2-17(7-12(21)22)3-5-19(9-14(25)26)10-15(27)28/h2-10H2,1H3,(H,21,22)(H,23,24)(H,25,26)(H,27,28). The van der Waals surface area contributed by atoms with E-state index in [2.05, 4.69) is 0 Å². The zero-order chi connectivity index (χ0) is 21.7. The lowest BCUT2D eigenvalue weighted by molar-refractivity contribution is -0.143. The van der Waals surface area contributed by atoms with E-state index in [1.54, 1.807) is 0 Å². The van der Waals surface area contributed by atoms with Gasteiger partial charge in [-0.05, 0) is 0 Å². The lowest BCUT2D eigenvalue weighted by Gasteiger charge is -2.27. The Kier molecular flexibility index (Phi) is 12.4. The summed E-state index contributed by atoms with van der Waals surface area (Å²) in [7, 11) is 1.31. The van der Waals surface area contributed by atoms with Crippen LogP contribution in [0.25, 0.3) is 0 Å². The van der Waals surface area contributed by atoms with Crippen molar-refractivity contribution in [3.8, 4) is 0 Å². The van der Waals surface area contributed by atoms with E-state index in [4.69, 9.17) is 20.4 Å². The minimum atomic E-state index is -1.21. The molecule has 0 amide bonds. The van der Waals surface area contributed by atoms with Gasteiger partial charge in [-0.3, -0.25) is 33.9 Å². The molecule has 0 aromatic carbocycles. The van der Waals surface area contributed by atoms with Gasteiger partial charge in [-0.1, -0.05) is 6.82 Å². The maximum Gasteiger partial charge on any atom is 0.317 e. The van der Waals surface area contributed by atoms with E-state index in [9.17, 15) is 24.0 Å². The van der Waals surface area contributed by atoms with Crippen molar-refractivity contribution >= 4 is 36.8 Å². The van der Waals surface area contributed by atoms with E-state index >= 15 is 0 Å². The largest absolute Gasteiger partial charge is 0.480 e. The quantitative estimate of drug-likeness (QED) is 0.189. The van der Waals surface area contributed by atoms with Gasteiger partial charge in [0.25, 0.3) is 0 Å². The van der Waals surface area contributed by atoms with Gasteiger partial charge in [0.1, 0.15) is 0 Å². The number of carbonyl (C=O) groups is 5. The molecule has 4 N–H and O–H groups in total. The van der Waals surface area contributed by atoms with Crippen LogP contribution >= 0.6 is 0 Å². The molecule has 0 spiro atoms. The number of carboxylic acids is 4. The summed E-state index contributed by atoms with van der Waals surface area (Å²) in [5.74, 6) is -4.71. The zero-order valence-electron chi connectivity index (χ0n) is 15.6. The van der Waals surface area contributed by atoms with Gasteiger partial charge in [-0.2, -0.15) is 0 Å². The smallest absolute Gasteiger partial charge is 0.317 e. The summed E-state index contributed by atoms with van der Waals surface area (Å²) in [5.41, 5.74) is -0.278. The van der Waals surface area contributed by atoms with Crippen molar-refractivity contribution in [2.24, 2.45) is 0 Å². The second-order valence-corrected chi connectivity index (χ2v) is 6.03. The maximum atomic E-state index is 11.5. The van der Waals surface area contributed by atoms with Gasteiger partial charge in [0.05, 0.1) is 31.9 Å². The first-order chi connectivity index (χ1) is 13.0. The fourth-order valence-corrected chi connectivity index (χ4v) is 2.34. The Labute approximate surface area is 162 Å². The highest BCUT2D eigenvalue weighted by atomic mass is 16.4. The fourth-order valence-electron chi connectivity index (χ4n) is 2.34. The average Bonchev–Trinajstić information content (AvgIpc) is 2.54. The Morgan fingerprint density at radius 3 is 1.18 bits per heavy atom. The summed E-state index contributed by atoms with van der Waals surface area (Å²) in [4.78, 5) is 59.1. The first-order valence-corrected chi connectivity index (χ1v) is 8.39. The third-order valence-corrected chi connectivity index (χ3v) is 3.60. The van der Waals surface area contributed by atoms with Crippen LogP contribution in [-0.4, -0.2) is 131 Å². The Hall–Kier alpha value is -2.51. The molecule has 0 saturated heterocycles. The normalized spacial score (nSPS) is 11.0. The molecular weight excluding hydrogens is 377 g/mol. The van der Waals surface area contributed by atoms with Crippen molar-refractivity contribution in [3.05, 3.63) is 0 Å². The highest BCUT2D eigenvalue weighted by Gasteiger charge is 2.19. The summed E-state index contributed by atoms with van der Waals surface area (Å²) in [6.45, 7) is -0.188. The molecule has 0 unspecified atom stereocenters. The number of rotatable bonds is 17. The molecule has 12 nitrogen and oxygen atoms in total. The van der Waals surface area contributed by atoms with Crippen LogP contribution in [0.4, 0.5) is 0 Å². The predicted octanol–water partition coefficient (Wildman–Crippen LogP) is -2.49. The average molecular weight is 402 g/mol. The first kappa shape index (κ1) is 25.5. The van der Waals surface area contributed by atoms with Gasteiger partial charge < -0.3 is 25.2 Å². The van der Waals surface area contributed by atoms with E-state index in [1.807, 2.05) is 0 Å². The highest BCUT2D eigenvalue weighted by molar-refractivity contribution is 6.73. The summed E-state index contributed by atoms with van der Waals surface area (Å²) in [6, 6.07) is 0. The highest BCUT2D eigenvalue weighted by Crippen LogP contribution is 1.97.